The average molecular weight is 271 g/mol. The minimum absolute atomic E-state index is 0.147. The Kier molecular flexibility index (Phi) is 3.59. The molecule has 1 N–H and O–H groups in total. The van der Waals surface area contributed by atoms with Crippen molar-refractivity contribution in [2.24, 2.45) is 0 Å². The zero-order valence-corrected chi connectivity index (χ0v) is 11.2. The van der Waals surface area contributed by atoms with Crippen molar-refractivity contribution < 1.29 is 9.18 Å². The van der Waals surface area contributed by atoms with Crippen LogP contribution in [0, 0.1) is 5.82 Å². The summed E-state index contributed by atoms with van der Waals surface area (Å²) < 4.78 is 13.0. The maximum atomic E-state index is 13.0. The number of carbonyl (C=O) groups excluding carboxylic acids is 1. The lowest BCUT2D eigenvalue weighted by Gasteiger charge is -2.43. The van der Waals surface area contributed by atoms with Gasteiger partial charge in [-0.3, -0.25) is 4.79 Å². The van der Waals surface area contributed by atoms with Crippen LogP contribution in [0.4, 0.5) is 4.39 Å². The number of hydrogen-bond acceptors (Lipinski definition) is 2. The van der Waals surface area contributed by atoms with E-state index in [1.807, 2.05) is 13.8 Å². The summed E-state index contributed by atoms with van der Waals surface area (Å²) in [5, 5.41) is 3.41. The van der Waals surface area contributed by atoms with E-state index in [9.17, 15) is 9.18 Å². The van der Waals surface area contributed by atoms with E-state index in [0.29, 0.717) is 12.1 Å². The molecule has 5 heteroatoms. The number of piperazine rings is 1. The third-order valence-corrected chi connectivity index (χ3v) is 3.52. The smallest absolute Gasteiger partial charge is 0.255 e. The average Bonchev–Trinajstić information content (AvgIpc) is 2.27. The van der Waals surface area contributed by atoms with Crippen molar-refractivity contribution in [2.75, 3.05) is 19.6 Å². The van der Waals surface area contributed by atoms with Crippen LogP contribution in [0.5, 0.6) is 0 Å². The zero-order valence-electron chi connectivity index (χ0n) is 10.5. The number of benzene rings is 1. The fourth-order valence-corrected chi connectivity index (χ4v) is 2.42. The molecule has 0 saturated carbocycles. The number of amides is 1. The largest absolute Gasteiger partial charge is 0.331 e. The van der Waals surface area contributed by atoms with E-state index in [1.165, 1.54) is 18.2 Å². The lowest BCUT2D eigenvalue weighted by molar-refractivity contribution is 0.0477. The van der Waals surface area contributed by atoms with E-state index in [2.05, 4.69) is 5.32 Å². The molecule has 1 fully saturated rings. The summed E-state index contributed by atoms with van der Waals surface area (Å²) in [6, 6.07) is 3.87. The molecule has 0 aromatic heterocycles. The van der Waals surface area contributed by atoms with Gasteiger partial charge in [0.05, 0.1) is 16.1 Å². The number of carbonyl (C=O) groups is 1. The van der Waals surface area contributed by atoms with E-state index < -0.39 is 5.82 Å². The Morgan fingerprint density at radius 1 is 1.50 bits per heavy atom. The highest BCUT2D eigenvalue weighted by molar-refractivity contribution is 6.33. The van der Waals surface area contributed by atoms with Crippen molar-refractivity contribution in [3.8, 4) is 0 Å². The summed E-state index contributed by atoms with van der Waals surface area (Å²) in [5.74, 6) is -0.581. The standard InChI is InChI=1S/C13H16ClFN2O/c1-13(2)8-16-5-6-17(13)12(18)10-4-3-9(15)7-11(10)14/h3-4,7,16H,5-6,8H2,1-2H3. The first-order valence-corrected chi connectivity index (χ1v) is 6.27. The highest BCUT2D eigenvalue weighted by atomic mass is 35.5. The molecule has 1 aliphatic heterocycles. The van der Waals surface area contributed by atoms with Gasteiger partial charge >= 0.3 is 0 Å². The van der Waals surface area contributed by atoms with Crippen molar-refractivity contribution in [1.29, 1.82) is 0 Å². The van der Waals surface area contributed by atoms with Crippen LogP contribution < -0.4 is 5.32 Å². The maximum absolute atomic E-state index is 13.0. The summed E-state index contributed by atoms with van der Waals surface area (Å²) in [4.78, 5) is 14.2. The second-order valence-corrected chi connectivity index (χ2v) is 5.48. The SMILES string of the molecule is CC1(C)CNCCN1C(=O)c1ccc(F)cc1Cl. The van der Waals surface area contributed by atoms with Crippen LogP contribution in [-0.2, 0) is 0 Å². The molecule has 1 aliphatic rings. The molecule has 1 aromatic rings. The Balaban J connectivity index is 2.30. The van der Waals surface area contributed by atoms with Gasteiger partial charge in [-0.2, -0.15) is 0 Å². The molecule has 18 heavy (non-hydrogen) atoms. The van der Waals surface area contributed by atoms with Crippen molar-refractivity contribution in [2.45, 2.75) is 19.4 Å². The van der Waals surface area contributed by atoms with Gasteiger partial charge in [-0.25, -0.2) is 4.39 Å². The predicted molar refractivity (Wildman–Crippen MR) is 69.4 cm³/mol. The zero-order chi connectivity index (χ0) is 13.3. The Bertz CT molecular complexity index is 476. The highest BCUT2D eigenvalue weighted by Gasteiger charge is 2.34. The third-order valence-electron chi connectivity index (χ3n) is 3.21. The number of rotatable bonds is 1. The van der Waals surface area contributed by atoms with Crippen LogP contribution in [0.2, 0.25) is 5.02 Å². The van der Waals surface area contributed by atoms with Crippen LogP contribution >= 0.6 is 11.6 Å². The first-order chi connectivity index (χ1) is 8.42. The van der Waals surface area contributed by atoms with Crippen molar-refractivity contribution in [3.05, 3.63) is 34.6 Å². The number of nitrogens with one attached hydrogen (secondary N) is 1. The highest BCUT2D eigenvalue weighted by Crippen LogP contribution is 2.24. The summed E-state index contributed by atoms with van der Waals surface area (Å²) in [6.45, 7) is 6.11. The van der Waals surface area contributed by atoms with Crippen molar-refractivity contribution in [1.82, 2.24) is 10.2 Å². The molecule has 1 aromatic carbocycles. The van der Waals surface area contributed by atoms with Crippen LogP contribution in [0.25, 0.3) is 0 Å². The van der Waals surface area contributed by atoms with E-state index in [1.54, 1.807) is 4.90 Å². The lowest BCUT2D eigenvalue weighted by Crippen LogP contribution is -2.59. The Labute approximate surface area is 111 Å². The second-order valence-electron chi connectivity index (χ2n) is 5.07. The van der Waals surface area contributed by atoms with Crippen LogP contribution in [0.3, 0.4) is 0 Å². The van der Waals surface area contributed by atoms with Gasteiger partial charge in [0.25, 0.3) is 5.91 Å². The lowest BCUT2D eigenvalue weighted by atomic mass is 9.98. The minimum atomic E-state index is -0.434. The molecule has 98 valence electrons. The molecule has 0 unspecified atom stereocenters. The van der Waals surface area contributed by atoms with Crippen LogP contribution in [0.15, 0.2) is 18.2 Å². The third kappa shape index (κ3) is 2.49. The number of nitrogens with zero attached hydrogens (tertiary/aromatic N) is 1. The summed E-state index contributed by atoms with van der Waals surface area (Å²) in [5.41, 5.74) is 0.0839. The topological polar surface area (TPSA) is 32.3 Å². The molecule has 3 nitrogen and oxygen atoms in total. The molecular formula is C13H16ClFN2O. The Morgan fingerprint density at radius 3 is 2.83 bits per heavy atom. The maximum Gasteiger partial charge on any atom is 0.255 e. The molecule has 0 spiro atoms. The van der Waals surface area contributed by atoms with Gasteiger partial charge in [0.2, 0.25) is 0 Å². The van der Waals surface area contributed by atoms with Gasteiger partial charge in [0.1, 0.15) is 5.82 Å². The van der Waals surface area contributed by atoms with Gasteiger partial charge in [0.15, 0.2) is 0 Å². The molecular weight excluding hydrogens is 255 g/mol. The van der Waals surface area contributed by atoms with Crippen LogP contribution in [0.1, 0.15) is 24.2 Å². The molecule has 0 bridgehead atoms. The van der Waals surface area contributed by atoms with Gasteiger partial charge in [-0.15, -0.1) is 0 Å². The van der Waals surface area contributed by atoms with E-state index >= 15 is 0 Å². The first kappa shape index (κ1) is 13.3. The fraction of sp³-hybridized carbons (Fsp3) is 0.462. The van der Waals surface area contributed by atoms with Gasteiger partial charge < -0.3 is 10.2 Å². The van der Waals surface area contributed by atoms with Crippen molar-refractivity contribution in [3.63, 3.8) is 0 Å². The predicted octanol–water partition coefficient (Wildman–Crippen LogP) is 2.30. The van der Waals surface area contributed by atoms with Crippen molar-refractivity contribution >= 4 is 17.5 Å². The fourth-order valence-electron chi connectivity index (χ4n) is 2.17. The molecule has 0 atom stereocenters. The molecule has 1 amide bonds. The molecule has 1 heterocycles. The molecule has 0 aliphatic carbocycles. The molecule has 0 radical (unpaired) electrons. The quantitative estimate of drug-likeness (QED) is 0.849. The van der Waals surface area contributed by atoms with E-state index in [-0.39, 0.29) is 16.5 Å². The van der Waals surface area contributed by atoms with E-state index in [4.69, 9.17) is 11.6 Å². The summed E-state index contributed by atoms with van der Waals surface area (Å²) in [7, 11) is 0. The monoisotopic (exact) mass is 270 g/mol. The van der Waals surface area contributed by atoms with Crippen LogP contribution in [-0.4, -0.2) is 36.0 Å². The number of halogens is 2. The number of hydrogen-bond donors (Lipinski definition) is 1. The van der Waals surface area contributed by atoms with Gasteiger partial charge in [-0.1, -0.05) is 11.6 Å². The minimum Gasteiger partial charge on any atom is -0.331 e. The van der Waals surface area contributed by atoms with Gasteiger partial charge in [0, 0.05) is 19.6 Å². The summed E-state index contributed by atoms with van der Waals surface area (Å²) >= 11 is 5.93. The first-order valence-electron chi connectivity index (χ1n) is 5.89. The normalized spacial score (nSPS) is 18.8. The van der Waals surface area contributed by atoms with Gasteiger partial charge in [-0.05, 0) is 32.0 Å². The Morgan fingerprint density at radius 2 is 2.22 bits per heavy atom. The Hall–Kier alpha value is -1.13. The summed E-state index contributed by atoms with van der Waals surface area (Å²) in [6.07, 6.45) is 0. The van der Waals surface area contributed by atoms with E-state index in [0.717, 1.165) is 13.1 Å². The second kappa shape index (κ2) is 4.86. The molecule has 2 rings (SSSR count). The molecule has 1 saturated heterocycles.